The van der Waals surface area contributed by atoms with Crippen LogP contribution in [0.4, 0.5) is 0 Å². The molecule has 0 bridgehead atoms. The molecule has 2 nitrogen and oxygen atoms in total. The van der Waals surface area contributed by atoms with Gasteiger partial charge in [-0.3, -0.25) is 0 Å². The number of aromatic nitrogens is 1. The Kier molecular flexibility index (Phi) is 3.30. The van der Waals surface area contributed by atoms with E-state index in [1.807, 2.05) is 0 Å². The Morgan fingerprint density at radius 1 is 1.19 bits per heavy atom. The highest BCUT2D eigenvalue weighted by atomic mass is 15.0. The van der Waals surface area contributed by atoms with Crippen molar-refractivity contribution < 1.29 is 0 Å². The molecule has 112 valence electrons. The van der Waals surface area contributed by atoms with E-state index in [1.165, 1.54) is 68.1 Å². The smallest absolute Gasteiger partial charge is 0.0476 e. The van der Waals surface area contributed by atoms with Crippen LogP contribution >= 0.6 is 0 Å². The van der Waals surface area contributed by atoms with E-state index in [4.69, 9.17) is 0 Å². The van der Waals surface area contributed by atoms with Crippen LogP contribution in [-0.4, -0.2) is 11.5 Å². The van der Waals surface area contributed by atoms with Gasteiger partial charge in [0, 0.05) is 29.2 Å². The van der Waals surface area contributed by atoms with Crippen LogP contribution in [0, 0.1) is 5.41 Å². The van der Waals surface area contributed by atoms with Crippen LogP contribution in [0.2, 0.25) is 0 Å². The van der Waals surface area contributed by atoms with Gasteiger partial charge >= 0.3 is 0 Å². The topological polar surface area (TPSA) is 27.8 Å². The summed E-state index contributed by atoms with van der Waals surface area (Å²) in [5.41, 5.74) is 4.86. The molecule has 2 aromatic rings. The van der Waals surface area contributed by atoms with E-state index in [0.29, 0.717) is 11.5 Å². The average molecular weight is 282 g/mol. The third kappa shape index (κ3) is 2.40. The SMILES string of the molecule is CC1(CNC2CCCc3c2[nH]c2ccccc32)CCCC1. The molecule has 1 aromatic carbocycles. The molecule has 0 spiro atoms. The molecule has 0 amide bonds. The lowest BCUT2D eigenvalue weighted by molar-refractivity contribution is 0.287. The van der Waals surface area contributed by atoms with Gasteiger partial charge in [0.05, 0.1) is 0 Å². The van der Waals surface area contributed by atoms with Gasteiger partial charge in [-0.1, -0.05) is 38.0 Å². The lowest BCUT2D eigenvalue weighted by Crippen LogP contribution is -2.34. The van der Waals surface area contributed by atoms with Crippen molar-refractivity contribution in [2.75, 3.05) is 6.54 Å². The Morgan fingerprint density at radius 3 is 2.86 bits per heavy atom. The number of para-hydroxylation sites is 1. The van der Waals surface area contributed by atoms with Crippen LogP contribution in [-0.2, 0) is 6.42 Å². The summed E-state index contributed by atoms with van der Waals surface area (Å²) in [5.74, 6) is 0. The molecule has 1 saturated carbocycles. The van der Waals surface area contributed by atoms with E-state index in [2.05, 4.69) is 41.5 Å². The first kappa shape index (κ1) is 13.4. The number of aryl methyl sites for hydroxylation is 1. The summed E-state index contributed by atoms with van der Waals surface area (Å²) in [4.78, 5) is 3.69. The molecule has 1 heterocycles. The summed E-state index contributed by atoms with van der Waals surface area (Å²) in [6.45, 7) is 3.63. The summed E-state index contributed by atoms with van der Waals surface area (Å²) in [6, 6.07) is 9.30. The maximum absolute atomic E-state index is 3.89. The van der Waals surface area contributed by atoms with Crippen molar-refractivity contribution in [1.82, 2.24) is 10.3 Å². The van der Waals surface area contributed by atoms with Crippen molar-refractivity contribution in [1.29, 1.82) is 0 Å². The maximum Gasteiger partial charge on any atom is 0.0476 e. The van der Waals surface area contributed by atoms with Gasteiger partial charge in [0.2, 0.25) is 0 Å². The van der Waals surface area contributed by atoms with E-state index in [0.717, 1.165) is 0 Å². The van der Waals surface area contributed by atoms with Gasteiger partial charge in [-0.2, -0.15) is 0 Å². The first-order valence-electron chi connectivity index (χ1n) is 8.58. The number of fused-ring (bicyclic) bond motifs is 3. The molecule has 0 aliphatic heterocycles. The van der Waals surface area contributed by atoms with Crippen LogP contribution in [0.25, 0.3) is 10.9 Å². The van der Waals surface area contributed by atoms with Gasteiger partial charge < -0.3 is 10.3 Å². The molecule has 0 saturated heterocycles. The van der Waals surface area contributed by atoms with Gasteiger partial charge in [-0.25, -0.2) is 0 Å². The van der Waals surface area contributed by atoms with Crippen molar-refractivity contribution >= 4 is 10.9 Å². The molecule has 1 fully saturated rings. The fraction of sp³-hybridized carbons (Fsp3) is 0.579. The van der Waals surface area contributed by atoms with Crippen LogP contribution in [0.5, 0.6) is 0 Å². The predicted octanol–water partition coefficient (Wildman–Crippen LogP) is 4.72. The van der Waals surface area contributed by atoms with Crippen molar-refractivity contribution in [3.63, 3.8) is 0 Å². The normalized spacial score (nSPS) is 24.3. The predicted molar refractivity (Wildman–Crippen MR) is 88.6 cm³/mol. The monoisotopic (exact) mass is 282 g/mol. The summed E-state index contributed by atoms with van der Waals surface area (Å²) >= 11 is 0. The van der Waals surface area contributed by atoms with Crippen LogP contribution in [0.3, 0.4) is 0 Å². The number of aromatic amines is 1. The minimum Gasteiger partial charge on any atom is -0.357 e. The zero-order valence-electron chi connectivity index (χ0n) is 13.0. The van der Waals surface area contributed by atoms with E-state index < -0.39 is 0 Å². The van der Waals surface area contributed by atoms with Gasteiger partial charge in [-0.05, 0) is 49.1 Å². The molecule has 2 aliphatic rings. The second kappa shape index (κ2) is 5.17. The Bertz CT molecular complexity index is 634. The van der Waals surface area contributed by atoms with Gasteiger partial charge in [0.25, 0.3) is 0 Å². The second-order valence-corrected chi connectivity index (χ2v) is 7.41. The molecule has 0 radical (unpaired) electrons. The zero-order chi connectivity index (χ0) is 14.3. The van der Waals surface area contributed by atoms with Gasteiger partial charge in [0.15, 0.2) is 0 Å². The number of nitrogens with one attached hydrogen (secondary N) is 2. The van der Waals surface area contributed by atoms with Crippen molar-refractivity contribution in [2.45, 2.75) is 57.9 Å². The van der Waals surface area contributed by atoms with Crippen LogP contribution in [0.1, 0.15) is 62.7 Å². The Labute approximate surface area is 127 Å². The quantitative estimate of drug-likeness (QED) is 0.838. The summed E-state index contributed by atoms with van der Waals surface area (Å²) < 4.78 is 0. The minimum atomic E-state index is 0.526. The molecule has 1 unspecified atom stereocenters. The molecular weight excluding hydrogens is 256 g/mol. The van der Waals surface area contributed by atoms with E-state index >= 15 is 0 Å². The molecule has 1 aromatic heterocycles. The van der Waals surface area contributed by atoms with Crippen LogP contribution < -0.4 is 5.32 Å². The second-order valence-electron chi connectivity index (χ2n) is 7.41. The van der Waals surface area contributed by atoms with Crippen molar-refractivity contribution in [2.24, 2.45) is 5.41 Å². The summed E-state index contributed by atoms with van der Waals surface area (Å²) in [5, 5.41) is 5.33. The molecule has 1 atom stereocenters. The zero-order valence-corrected chi connectivity index (χ0v) is 13.0. The van der Waals surface area contributed by atoms with E-state index in [9.17, 15) is 0 Å². The first-order chi connectivity index (χ1) is 10.3. The molecule has 21 heavy (non-hydrogen) atoms. The number of H-pyrrole nitrogens is 1. The highest BCUT2D eigenvalue weighted by Crippen LogP contribution is 2.39. The molecule has 4 rings (SSSR count). The Hall–Kier alpha value is -1.28. The van der Waals surface area contributed by atoms with Crippen molar-refractivity contribution in [3.8, 4) is 0 Å². The van der Waals surface area contributed by atoms with Gasteiger partial charge in [0.1, 0.15) is 0 Å². The molecule has 2 N–H and O–H groups in total. The number of benzene rings is 1. The van der Waals surface area contributed by atoms with Crippen molar-refractivity contribution in [3.05, 3.63) is 35.5 Å². The number of hydrogen-bond acceptors (Lipinski definition) is 1. The standard InChI is InChI=1S/C19H26N2/c1-19(11-4-5-12-19)13-20-17-10-6-8-15-14-7-2-3-9-16(14)21-18(15)17/h2-3,7,9,17,20-21H,4-6,8,10-13H2,1H3. The minimum absolute atomic E-state index is 0.526. The number of rotatable bonds is 3. The third-order valence-corrected chi connectivity index (χ3v) is 5.70. The maximum atomic E-state index is 3.89. The Morgan fingerprint density at radius 2 is 2.00 bits per heavy atom. The number of hydrogen-bond donors (Lipinski definition) is 2. The fourth-order valence-corrected chi connectivity index (χ4v) is 4.39. The fourth-order valence-electron chi connectivity index (χ4n) is 4.39. The van der Waals surface area contributed by atoms with Crippen LogP contribution in [0.15, 0.2) is 24.3 Å². The molecule has 2 aliphatic carbocycles. The van der Waals surface area contributed by atoms with E-state index in [-0.39, 0.29) is 0 Å². The van der Waals surface area contributed by atoms with E-state index in [1.54, 1.807) is 5.56 Å². The van der Waals surface area contributed by atoms with Gasteiger partial charge in [-0.15, -0.1) is 0 Å². The lowest BCUT2D eigenvalue weighted by Gasteiger charge is -2.30. The summed E-state index contributed by atoms with van der Waals surface area (Å²) in [6.07, 6.45) is 9.44. The summed E-state index contributed by atoms with van der Waals surface area (Å²) in [7, 11) is 0. The Balaban J connectivity index is 1.58. The largest absolute Gasteiger partial charge is 0.357 e. The third-order valence-electron chi connectivity index (χ3n) is 5.70. The highest BCUT2D eigenvalue weighted by molar-refractivity contribution is 5.85. The molecule has 2 heteroatoms. The average Bonchev–Trinajstić information content (AvgIpc) is 3.10. The highest BCUT2D eigenvalue weighted by Gasteiger charge is 2.31. The lowest BCUT2D eigenvalue weighted by atomic mass is 9.87. The first-order valence-corrected chi connectivity index (χ1v) is 8.58. The molecular formula is C19H26N2.